The lowest BCUT2D eigenvalue weighted by Crippen LogP contribution is -2.34. The fourth-order valence-electron chi connectivity index (χ4n) is 2.11. The van der Waals surface area contributed by atoms with Crippen LogP contribution >= 0.6 is 0 Å². The summed E-state index contributed by atoms with van der Waals surface area (Å²) in [5.74, 6) is 0. The summed E-state index contributed by atoms with van der Waals surface area (Å²) in [6, 6.07) is 6.54. The third-order valence-corrected chi connectivity index (χ3v) is 2.91. The average molecular weight is 219 g/mol. The number of aldehydes is 1. The minimum absolute atomic E-state index is 0.0563. The third kappa shape index (κ3) is 3.17. The Morgan fingerprint density at radius 3 is 2.56 bits per heavy atom. The van der Waals surface area contributed by atoms with Crippen LogP contribution in [0.25, 0.3) is 0 Å². The molecule has 88 valence electrons. The molecule has 1 aromatic rings. The smallest absolute Gasteiger partial charge is 0.133 e. The summed E-state index contributed by atoms with van der Waals surface area (Å²) in [7, 11) is 0. The van der Waals surface area contributed by atoms with Crippen molar-refractivity contribution in [3.05, 3.63) is 34.9 Å². The van der Waals surface area contributed by atoms with Crippen molar-refractivity contribution in [1.82, 2.24) is 5.32 Å². The fraction of sp³-hybridized carbons (Fsp3) is 0.500. The van der Waals surface area contributed by atoms with E-state index in [-0.39, 0.29) is 5.41 Å². The number of nitrogens with one attached hydrogen (secondary N) is 1. The molecule has 0 unspecified atom stereocenters. The van der Waals surface area contributed by atoms with Gasteiger partial charge in [0.15, 0.2) is 0 Å². The summed E-state index contributed by atoms with van der Waals surface area (Å²) >= 11 is 0. The summed E-state index contributed by atoms with van der Waals surface area (Å²) in [5, 5.41) is 3.15. The number of hydrogen-bond donors (Lipinski definition) is 1. The third-order valence-electron chi connectivity index (χ3n) is 2.91. The zero-order valence-corrected chi connectivity index (χ0v) is 10.6. The van der Waals surface area contributed by atoms with E-state index >= 15 is 0 Å². The predicted molar refractivity (Wildman–Crippen MR) is 67.9 cm³/mol. The van der Waals surface area contributed by atoms with Gasteiger partial charge in [-0.3, -0.25) is 0 Å². The van der Waals surface area contributed by atoms with Gasteiger partial charge < -0.3 is 10.1 Å². The normalized spacial score (nSPS) is 11.5. The summed E-state index contributed by atoms with van der Waals surface area (Å²) in [4.78, 5) is 10.3. The predicted octanol–water partition coefficient (Wildman–Crippen LogP) is 2.37. The molecule has 0 radical (unpaired) electrons. The second-order valence-corrected chi connectivity index (χ2v) is 5.00. The van der Waals surface area contributed by atoms with Gasteiger partial charge in [-0.25, -0.2) is 0 Å². The molecular formula is C14H21NO. The van der Waals surface area contributed by atoms with Crippen LogP contribution in [0.3, 0.4) is 0 Å². The molecular weight excluding hydrogens is 198 g/mol. The van der Waals surface area contributed by atoms with Crippen molar-refractivity contribution in [1.29, 1.82) is 0 Å². The van der Waals surface area contributed by atoms with E-state index in [9.17, 15) is 4.79 Å². The van der Waals surface area contributed by atoms with Crippen LogP contribution in [-0.4, -0.2) is 19.4 Å². The Bertz CT molecular complexity index is 369. The molecule has 0 aromatic heterocycles. The molecule has 0 saturated heterocycles. The second-order valence-electron chi connectivity index (χ2n) is 5.00. The highest BCUT2D eigenvalue weighted by Crippen LogP contribution is 2.26. The number of carbonyl (C=O) groups is 1. The number of rotatable bonds is 5. The van der Waals surface area contributed by atoms with Crippen molar-refractivity contribution in [3.63, 3.8) is 0 Å². The summed E-state index contributed by atoms with van der Waals surface area (Å²) in [5.41, 5.74) is 4.01. The topological polar surface area (TPSA) is 29.1 Å². The quantitative estimate of drug-likeness (QED) is 0.608. The molecule has 0 aliphatic rings. The maximum Gasteiger partial charge on any atom is 0.133 e. The standard InChI is InChI=1S/C14H21NO/c1-11-5-6-13(12(2)9-11)14(3,4)10-15-7-8-16/h5-6,8-9,15H,7,10H2,1-4H3. The number of benzene rings is 1. The Kier molecular flexibility index (Phi) is 4.25. The van der Waals surface area contributed by atoms with E-state index in [1.807, 2.05) is 0 Å². The van der Waals surface area contributed by atoms with E-state index in [1.165, 1.54) is 16.7 Å². The molecule has 0 aliphatic carbocycles. The zero-order valence-electron chi connectivity index (χ0n) is 10.6. The highest BCUT2D eigenvalue weighted by Gasteiger charge is 2.21. The van der Waals surface area contributed by atoms with Crippen molar-refractivity contribution in [2.24, 2.45) is 0 Å². The van der Waals surface area contributed by atoms with E-state index in [2.05, 4.69) is 51.2 Å². The summed E-state index contributed by atoms with van der Waals surface area (Å²) in [6.07, 6.45) is 0.901. The Morgan fingerprint density at radius 1 is 1.31 bits per heavy atom. The van der Waals surface area contributed by atoms with Gasteiger partial charge in [-0.05, 0) is 25.0 Å². The molecule has 0 spiro atoms. The Hall–Kier alpha value is -1.15. The number of aryl methyl sites for hydroxylation is 2. The van der Waals surface area contributed by atoms with E-state index in [0.29, 0.717) is 6.54 Å². The summed E-state index contributed by atoms with van der Waals surface area (Å²) < 4.78 is 0. The second kappa shape index (κ2) is 5.26. The average Bonchev–Trinajstić information content (AvgIpc) is 2.17. The molecule has 1 aromatic carbocycles. The zero-order chi connectivity index (χ0) is 12.2. The van der Waals surface area contributed by atoms with Crippen LogP contribution in [0, 0.1) is 13.8 Å². The molecule has 1 N–H and O–H groups in total. The number of carbonyl (C=O) groups excluding carboxylic acids is 1. The van der Waals surface area contributed by atoms with Gasteiger partial charge >= 0.3 is 0 Å². The van der Waals surface area contributed by atoms with Crippen LogP contribution in [0.15, 0.2) is 18.2 Å². The van der Waals surface area contributed by atoms with E-state index in [0.717, 1.165) is 12.8 Å². The van der Waals surface area contributed by atoms with Crippen molar-refractivity contribution in [2.45, 2.75) is 33.1 Å². The monoisotopic (exact) mass is 219 g/mol. The highest BCUT2D eigenvalue weighted by molar-refractivity contribution is 5.51. The molecule has 0 heterocycles. The minimum Gasteiger partial charge on any atom is -0.309 e. The molecule has 16 heavy (non-hydrogen) atoms. The van der Waals surface area contributed by atoms with Gasteiger partial charge in [0.25, 0.3) is 0 Å². The van der Waals surface area contributed by atoms with Crippen LogP contribution in [0.5, 0.6) is 0 Å². The maximum absolute atomic E-state index is 10.3. The van der Waals surface area contributed by atoms with Gasteiger partial charge in [-0.2, -0.15) is 0 Å². The SMILES string of the molecule is Cc1ccc(C(C)(C)CNCC=O)c(C)c1. The minimum atomic E-state index is 0.0563. The molecule has 1 rings (SSSR count). The first-order valence-electron chi connectivity index (χ1n) is 5.69. The lowest BCUT2D eigenvalue weighted by atomic mass is 9.81. The van der Waals surface area contributed by atoms with E-state index < -0.39 is 0 Å². The summed E-state index contributed by atoms with van der Waals surface area (Å²) in [6.45, 7) is 9.88. The van der Waals surface area contributed by atoms with Crippen molar-refractivity contribution in [3.8, 4) is 0 Å². The molecule has 0 fully saturated rings. The lowest BCUT2D eigenvalue weighted by Gasteiger charge is -2.27. The van der Waals surface area contributed by atoms with Gasteiger partial charge in [0.2, 0.25) is 0 Å². The Balaban J connectivity index is 2.84. The van der Waals surface area contributed by atoms with Gasteiger partial charge in [0.05, 0.1) is 6.54 Å². The molecule has 2 nitrogen and oxygen atoms in total. The molecule has 0 bridgehead atoms. The first-order valence-corrected chi connectivity index (χ1v) is 5.69. The van der Waals surface area contributed by atoms with Crippen LogP contribution < -0.4 is 5.32 Å². The molecule has 0 amide bonds. The Morgan fingerprint density at radius 2 is 2.00 bits per heavy atom. The van der Waals surface area contributed by atoms with Crippen LogP contribution in [0.4, 0.5) is 0 Å². The van der Waals surface area contributed by atoms with Crippen LogP contribution in [0.2, 0.25) is 0 Å². The first kappa shape index (κ1) is 12.9. The lowest BCUT2D eigenvalue weighted by molar-refractivity contribution is -0.107. The fourth-order valence-corrected chi connectivity index (χ4v) is 2.11. The van der Waals surface area contributed by atoms with E-state index in [4.69, 9.17) is 0 Å². The van der Waals surface area contributed by atoms with Gasteiger partial charge in [-0.15, -0.1) is 0 Å². The molecule has 2 heteroatoms. The van der Waals surface area contributed by atoms with Gasteiger partial charge in [0, 0.05) is 12.0 Å². The van der Waals surface area contributed by atoms with Gasteiger partial charge in [0.1, 0.15) is 6.29 Å². The molecule has 0 atom stereocenters. The van der Waals surface area contributed by atoms with Crippen molar-refractivity contribution >= 4 is 6.29 Å². The highest BCUT2D eigenvalue weighted by atomic mass is 16.1. The van der Waals surface area contributed by atoms with Crippen molar-refractivity contribution < 1.29 is 4.79 Å². The first-order chi connectivity index (χ1) is 7.47. The maximum atomic E-state index is 10.3. The molecule has 0 aliphatic heterocycles. The Labute approximate surface area is 98.1 Å². The largest absolute Gasteiger partial charge is 0.309 e. The van der Waals surface area contributed by atoms with Crippen LogP contribution in [0.1, 0.15) is 30.5 Å². The van der Waals surface area contributed by atoms with Crippen LogP contribution in [-0.2, 0) is 10.2 Å². The van der Waals surface area contributed by atoms with E-state index in [1.54, 1.807) is 0 Å². The molecule has 0 saturated carbocycles. The van der Waals surface area contributed by atoms with Crippen molar-refractivity contribution in [2.75, 3.05) is 13.1 Å². The number of hydrogen-bond acceptors (Lipinski definition) is 2. The van der Waals surface area contributed by atoms with Gasteiger partial charge in [-0.1, -0.05) is 37.6 Å².